The number of nitrogens with zero attached hydrogens (tertiary/aromatic N) is 4. The number of sulfonamides is 1. The number of carbonyl (C=O) groups excluding carboxylic acids is 1. The van der Waals surface area contributed by atoms with Crippen LogP contribution in [0.2, 0.25) is 0 Å². The normalized spacial score (nSPS) is 18.4. The Bertz CT molecular complexity index is 1380. The zero-order valence-corrected chi connectivity index (χ0v) is 20.7. The van der Waals surface area contributed by atoms with Gasteiger partial charge in [-0.1, -0.05) is 12.1 Å². The summed E-state index contributed by atoms with van der Waals surface area (Å²) in [7, 11) is -3.65. The number of benzene rings is 1. The first-order chi connectivity index (χ1) is 17.3. The fourth-order valence-electron chi connectivity index (χ4n) is 5.25. The third-order valence-corrected chi connectivity index (χ3v) is 9.29. The largest absolute Gasteiger partial charge is 0.465 e. The highest BCUT2D eigenvalue weighted by Gasteiger charge is 2.42. The van der Waals surface area contributed by atoms with Crippen molar-refractivity contribution in [3.8, 4) is 0 Å². The van der Waals surface area contributed by atoms with Crippen LogP contribution in [0.15, 0.2) is 59.9 Å². The van der Waals surface area contributed by atoms with Gasteiger partial charge in [-0.2, -0.15) is 4.31 Å². The molecule has 2 amide bonds. The molecule has 0 atom stereocenters. The Hall–Kier alpha value is -3.44. The van der Waals surface area contributed by atoms with Crippen molar-refractivity contribution in [1.29, 1.82) is 0 Å². The van der Waals surface area contributed by atoms with Gasteiger partial charge in [-0.05, 0) is 60.9 Å². The molecule has 0 saturated carbocycles. The summed E-state index contributed by atoms with van der Waals surface area (Å²) in [5.74, 6) is -0.228. The van der Waals surface area contributed by atoms with Gasteiger partial charge < -0.3 is 19.7 Å². The number of aromatic nitrogens is 2. The van der Waals surface area contributed by atoms with E-state index in [0.717, 1.165) is 24.1 Å². The minimum absolute atomic E-state index is 0.132. The van der Waals surface area contributed by atoms with Crippen LogP contribution < -0.4 is 5.32 Å². The molecule has 2 saturated heterocycles. The van der Waals surface area contributed by atoms with E-state index in [9.17, 15) is 23.1 Å². The molecule has 1 aromatic carbocycles. The molecule has 0 radical (unpaired) electrons. The van der Waals surface area contributed by atoms with E-state index in [-0.39, 0.29) is 22.8 Å². The first kappa shape index (κ1) is 24.3. The lowest BCUT2D eigenvalue weighted by Gasteiger charge is -2.46. The molecular weight excluding hydrogens is 482 g/mol. The summed E-state index contributed by atoms with van der Waals surface area (Å²) in [5.41, 5.74) is 1.92. The molecule has 11 heteroatoms. The minimum atomic E-state index is -3.65. The Morgan fingerprint density at radius 3 is 2.50 bits per heavy atom. The highest BCUT2D eigenvalue weighted by Crippen LogP contribution is 2.41. The van der Waals surface area contributed by atoms with Gasteiger partial charge in [0.05, 0.1) is 10.5 Å². The highest BCUT2D eigenvalue weighted by atomic mass is 32.2. The van der Waals surface area contributed by atoms with Gasteiger partial charge in [-0.25, -0.2) is 18.2 Å². The number of pyridine rings is 1. The maximum absolute atomic E-state index is 13.2. The Morgan fingerprint density at radius 2 is 1.78 bits per heavy atom. The molecule has 1 spiro atoms. The van der Waals surface area contributed by atoms with Crippen molar-refractivity contribution in [1.82, 2.24) is 23.9 Å². The number of carboxylic acid groups (broad SMARTS) is 1. The first-order valence-electron chi connectivity index (χ1n) is 12.0. The zero-order chi connectivity index (χ0) is 25.3. The molecule has 2 N–H and O–H groups in total. The number of rotatable bonds is 5. The third-order valence-electron chi connectivity index (χ3n) is 7.38. The smallest absolute Gasteiger partial charge is 0.407 e. The lowest BCUT2D eigenvalue weighted by Crippen LogP contribution is -2.51. The summed E-state index contributed by atoms with van der Waals surface area (Å²) in [6, 6.07) is 10.1. The number of nitrogens with one attached hydrogen (secondary N) is 1. The molecule has 36 heavy (non-hydrogen) atoms. The second-order valence-corrected chi connectivity index (χ2v) is 11.6. The van der Waals surface area contributed by atoms with Crippen LogP contribution in [0.4, 0.5) is 4.79 Å². The third kappa shape index (κ3) is 4.80. The summed E-state index contributed by atoms with van der Waals surface area (Å²) in [6.07, 6.45) is 7.31. The quantitative estimate of drug-likeness (QED) is 0.543. The molecule has 2 aromatic heterocycles. The van der Waals surface area contributed by atoms with E-state index in [0.29, 0.717) is 44.6 Å². The Morgan fingerprint density at radius 1 is 1.03 bits per heavy atom. The number of carbonyl (C=O) groups is 2. The molecule has 0 bridgehead atoms. The lowest BCUT2D eigenvalue weighted by atomic mass is 9.73. The summed E-state index contributed by atoms with van der Waals surface area (Å²) < 4.78 is 29.7. The molecule has 3 aromatic rings. The van der Waals surface area contributed by atoms with Gasteiger partial charge in [-0.15, -0.1) is 0 Å². The van der Waals surface area contributed by atoms with E-state index in [1.165, 1.54) is 9.21 Å². The molecule has 0 aliphatic carbocycles. The van der Waals surface area contributed by atoms with Crippen LogP contribution in [-0.2, 0) is 16.6 Å². The number of piperidine rings is 2. The predicted molar refractivity (Wildman–Crippen MR) is 132 cm³/mol. The second-order valence-electron chi connectivity index (χ2n) is 9.65. The van der Waals surface area contributed by atoms with E-state index >= 15 is 0 Å². The predicted octanol–water partition coefficient (Wildman–Crippen LogP) is 2.81. The van der Waals surface area contributed by atoms with Crippen molar-refractivity contribution in [3.05, 3.63) is 66.1 Å². The molecule has 190 valence electrons. The molecule has 4 heterocycles. The van der Waals surface area contributed by atoms with E-state index in [2.05, 4.69) is 10.3 Å². The Balaban J connectivity index is 1.18. The number of amides is 2. The molecule has 2 fully saturated rings. The SMILES string of the molecule is O=C(NCc1ccc(S(=O)(=O)N2CCC3(CCCN(C(=O)O)C3)CC2)cc1)c1ccc2nccn2c1. The van der Waals surface area contributed by atoms with E-state index < -0.39 is 16.1 Å². The van der Waals surface area contributed by atoms with Crippen molar-refractivity contribution in [2.24, 2.45) is 5.41 Å². The van der Waals surface area contributed by atoms with Crippen LogP contribution in [0, 0.1) is 5.41 Å². The van der Waals surface area contributed by atoms with E-state index in [4.69, 9.17) is 0 Å². The fourth-order valence-corrected chi connectivity index (χ4v) is 6.69. The summed E-state index contributed by atoms with van der Waals surface area (Å²) in [5, 5.41) is 12.2. The van der Waals surface area contributed by atoms with Crippen LogP contribution >= 0.6 is 0 Å². The number of fused-ring (bicyclic) bond motifs is 1. The van der Waals surface area contributed by atoms with Gasteiger partial charge in [0, 0.05) is 51.3 Å². The average Bonchev–Trinajstić information content (AvgIpc) is 3.36. The monoisotopic (exact) mass is 511 g/mol. The van der Waals surface area contributed by atoms with Crippen molar-refractivity contribution in [2.75, 3.05) is 26.2 Å². The van der Waals surface area contributed by atoms with Crippen molar-refractivity contribution < 1.29 is 23.1 Å². The Labute approximate surface area is 209 Å². The molecule has 2 aliphatic heterocycles. The van der Waals surface area contributed by atoms with Crippen molar-refractivity contribution >= 4 is 27.7 Å². The number of likely N-dealkylation sites (tertiary alicyclic amines) is 1. The molecule has 2 aliphatic rings. The lowest BCUT2D eigenvalue weighted by molar-refractivity contribution is 0.0437. The molecule has 5 rings (SSSR count). The average molecular weight is 512 g/mol. The van der Waals surface area contributed by atoms with Gasteiger partial charge in [0.15, 0.2) is 0 Å². The maximum atomic E-state index is 13.2. The fraction of sp³-hybridized carbons (Fsp3) is 0.400. The Kier molecular flexibility index (Phi) is 6.44. The zero-order valence-electron chi connectivity index (χ0n) is 19.8. The number of hydrogen-bond donors (Lipinski definition) is 2. The maximum Gasteiger partial charge on any atom is 0.407 e. The second kappa shape index (κ2) is 9.55. The number of hydrogen-bond acceptors (Lipinski definition) is 5. The van der Waals surface area contributed by atoms with E-state index in [1.807, 2.05) is 0 Å². The van der Waals surface area contributed by atoms with Gasteiger partial charge in [-0.3, -0.25) is 4.79 Å². The first-order valence-corrected chi connectivity index (χ1v) is 13.5. The van der Waals surface area contributed by atoms with Gasteiger partial charge in [0.1, 0.15) is 5.65 Å². The van der Waals surface area contributed by atoms with E-state index in [1.54, 1.807) is 59.4 Å². The van der Waals surface area contributed by atoms with Crippen LogP contribution in [-0.4, -0.2) is 70.3 Å². The van der Waals surface area contributed by atoms with Crippen LogP contribution in [0.1, 0.15) is 41.6 Å². The minimum Gasteiger partial charge on any atom is -0.465 e. The topological polar surface area (TPSA) is 124 Å². The van der Waals surface area contributed by atoms with Gasteiger partial charge in [0.2, 0.25) is 10.0 Å². The van der Waals surface area contributed by atoms with Crippen molar-refractivity contribution in [3.63, 3.8) is 0 Å². The van der Waals surface area contributed by atoms with Gasteiger partial charge in [0.25, 0.3) is 5.91 Å². The van der Waals surface area contributed by atoms with Crippen LogP contribution in [0.25, 0.3) is 5.65 Å². The summed E-state index contributed by atoms with van der Waals surface area (Å²) in [4.78, 5) is 29.8. The highest BCUT2D eigenvalue weighted by molar-refractivity contribution is 7.89. The van der Waals surface area contributed by atoms with Crippen molar-refractivity contribution in [2.45, 2.75) is 37.1 Å². The van der Waals surface area contributed by atoms with Crippen LogP contribution in [0.3, 0.4) is 0 Å². The molecule has 10 nitrogen and oxygen atoms in total. The number of imidazole rings is 1. The molecular formula is C25H29N5O5S. The summed E-state index contributed by atoms with van der Waals surface area (Å²) >= 11 is 0. The van der Waals surface area contributed by atoms with Gasteiger partial charge >= 0.3 is 6.09 Å². The molecule has 0 unspecified atom stereocenters. The standard InChI is InChI=1S/C25H29N5O5S/c31-23(20-4-7-22-26-11-15-28(22)17-20)27-16-19-2-5-21(6-3-19)36(34,35)30-13-9-25(10-14-30)8-1-12-29(18-25)24(32)33/h2-7,11,15,17H,1,8-10,12-14,16,18H2,(H,27,31)(H,32,33). The van der Waals surface area contributed by atoms with Crippen LogP contribution in [0.5, 0.6) is 0 Å². The summed E-state index contributed by atoms with van der Waals surface area (Å²) in [6.45, 7) is 2.07.